The predicted octanol–water partition coefficient (Wildman–Crippen LogP) is 4.50. The maximum absolute atomic E-state index is 13.4. The van der Waals surface area contributed by atoms with Crippen molar-refractivity contribution in [3.63, 3.8) is 0 Å². The molecule has 0 fully saturated rings. The number of ether oxygens (including phenoxy) is 1. The maximum Gasteiger partial charge on any atom is 0.315 e. The second-order valence-electron chi connectivity index (χ2n) is 8.52. The molecule has 3 atom stereocenters. The van der Waals surface area contributed by atoms with Crippen molar-refractivity contribution in [3.8, 4) is 0 Å². The van der Waals surface area contributed by atoms with E-state index in [1.807, 2.05) is 68.4 Å². The van der Waals surface area contributed by atoms with Gasteiger partial charge in [0.25, 0.3) is 0 Å². The number of carbonyl (C=O) groups is 2. The molecule has 0 bridgehead atoms. The van der Waals surface area contributed by atoms with Gasteiger partial charge >= 0.3 is 5.97 Å². The molecular formula is C26H28N2O3. The third-order valence-electron chi connectivity index (χ3n) is 6.38. The number of allylic oxidation sites excluding steroid dienone is 2. The topological polar surface area (TPSA) is 59.0 Å². The van der Waals surface area contributed by atoms with Gasteiger partial charge in [0, 0.05) is 49.1 Å². The Labute approximate surface area is 183 Å². The number of ketones is 1. The first-order chi connectivity index (χ1) is 14.9. The molecule has 0 N–H and O–H groups in total. The molecule has 5 nitrogen and oxygen atoms in total. The molecular weight excluding hydrogens is 388 g/mol. The van der Waals surface area contributed by atoms with Gasteiger partial charge in [-0.25, -0.2) is 0 Å². The third-order valence-corrected chi connectivity index (χ3v) is 6.38. The number of carbonyl (C=O) groups excluding carboxylic acids is 2. The minimum absolute atomic E-state index is 0.0712. The number of aliphatic imine (C=N–C) groups is 1. The van der Waals surface area contributed by atoms with E-state index in [2.05, 4.69) is 12.1 Å². The smallest absolute Gasteiger partial charge is 0.315 e. The summed E-state index contributed by atoms with van der Waals surface area (Å²) in [6.07, 6.45) is 1.13. The number of hydrogen-bond acceptors (Lipinski definition) is 5. The zero-order valence-electron chi connectivity index (χ0n) is 18.5. The van der Waals surface area contributed by atoms with Crippen molar-refractivity contribution in [1.29, 1.82) is 0 Å². The molecule has 0 aromatic heterocycles. The summed E-state index contributed by atoms with van der Waals surface area (Å²) in [5, 5.41) is 0. The average Bonchev–Trinajstić information content (AvgIpc) is 2.78. The van der Waals surface area contributed by atoms with Crippen LogP contribution in [0.2, 0.25) is 0 Å². The molecule has 2 aromatic rings. The molecule has 0 amide bonds. The lowest BCUT2D eigenvalue weighted by molar-refractivity contribution is -0.143. The summed E-state index contributed by atoms with van der Waals surface area (Å²) in [6, 6.07) is 18.2. The summed E-state index contributed by atoms with van der Waals surface area (Å²) in [6.45, 7) is 1.86. The molecule has 0 saturated carbocycles. The fourth-order valence-electron chi connectivity index (χ4n) is 4.79. The van der Waals surface area contributed by atoms with E-state index in [-0.39, 0.29) is 23.6 Å². The molecule has 4 rings (SSSR count). The van der Waals surface area contributed by atoms with Crippen LogP contribution >= 0.6 is 0 Å². The van der Waals surface area contributed by atoms with E-state index in [0.29, 0.717) is 24.1 Å². The Morgan fingerprint density at radius 1 is 1.00 bits per heavy atom. The van der Waals surface area contributed by atoms with E-state index >= 15 is 0 Å². The van der Waals surface area contributed by atoms with Crippen LogP contribution in [-0.2, 0) is 14.3 Å². The standard InChI is InChI=1S/C26H28N2O3/c1-16-23(26(30)31-4)24(18-10-12-20(13-11-18)28(2)3)25-21(27-16)14-19(15-22(25)29)17-8-6-5-7-9-17/h5-13,19,23-24H,14-15H2,1-4H3/t19-,23?,24+/m0/s1. The average molecular weight is 417 g/mol. The van der Waals surface area contributed by atoms with Crippen LogP contribution in [0.3, 0.4) is 0 Å². The van der Waals surface area contributed by atoms with E-state index in [0.717, 1.165) is 22.5 Å². The van der Waals surface area contributed by atoms with Crippen LogP contribution in [0.25, 0.3) is 0 Å². The van der Waals surface area contributed by atoms with Crippen molar-refractivity contribution in [2.75, 3.05) is 26.1 Å². The van der Waals surface area contributed by atoms with E-state index in [9.17, 15) is 9.59 Å². The number of anilines is 1. The normalized spacial score (nSPS) is 23.2. The Morgan fingerprint density at radius 3 is 2.29 bits per heavy atom. The van der Waals surface area contributed by atoms with Crippen LogP contribution in [0.4, 0.5) is 5.69 Å². The summed E-state index contributed by atoms with van der Waals surface area (Å²) in [7, 11) is 5.36. The Hall–Kier alpha value is -3.21. The molecule has 31 heavy (non-hydrogen) atoms. The maximum atomic E-state index is 13.4. The van der Waals surface area contributed by atoms with Crippen LogP contribution in [0.5, 0.6) is 0 Å². The van der Waals surface area contributed by atoms with E-state index < -0.39 is 5.92 Å². The first kappa shape index (κ1) is 21.0. The predicted molar refractivity (Wildman–Crippen MR) is 123 cm³/mol. The van der Waals surface area contributed by atoms with Crippen molar-refractivity contribution in [1.82, 2.24) is 0 Å². The number of methoxy groups -OCH3 is 1. The van der Waals surface area contributed by atoms with Crippen LogP contribution < -0.4 is 4.90 Å². The molecule has 1 unspecified atom stereocenters. The van der Waals surface area contributed by atoms with Gasteiger partial charge < -0.3 is 9.64 Å². The Bertz CT molecular complexity index is 1050. The first-order valence-electron chi connectivity index (χ1n) is 10.6. The molecule has 2 aromatic carbocycles. The lowest BCUT2D eigenvalue weighted by atomic mass is 9.69. The lowest BCUT2D eigenvalue weighted by Crippen LogP contribution is -2.37. The van der Waals surface area contributed by atoms with Gasteiger partial charge in [-0.3, -0.25) is 14.6 Å². The molecule has 1 heterocycles. The van der Waals surface area contributed by atoms with Gasteiger partial charge in [0.05, 0.1) is 7.11 Å². The number of rotatable bonds is 4. The molecule has 5 heteroatoms. The second-order valence-corrected chi connectivity index (χ2v) is 8.52. The lowest BCUT2D eigenvalue weighted by Gasteiger charge is -2.36. The minimum atomic E-state index is -0.591. The highest BCUT2D eigenvalue weighted by atomic mass is 16.5. The van der Waals surface area contributed by atoms with E-state index in [4.69, 9.17) is 9.73 Å². The van der Waals surface area contributed by atoms with E-state index in [1.165, 1.54) is 7.11 Å². The Kier molecular flexibility index (Phi) is 5.77. The molecule has 1 aliphatic carbocycles. The highest BCUT2D eigenvalue weighted by Crippen LogP contribution is 2.46. The Balaban J connectivity index is 1.80. The summed E-state index contributed by atoms with van der Waals surface area (Å²) in [5.41, 5.74) is 5.34. The molecule has 1 aliphatic heterocycles. The summed E-state index contributed by atoms with van der Waals surface area (Å²) < 4.78 is 5.12. The van der Waals surface area contributed by atoms with Crippen LogP contribution in [0.1, 0.15) is 42.7 Å². The number of benzene rings is 2. The number of esters is 1. The first-order valence-corrected chi connectivity index (χ1v) is 10.6. The van der Waals surface area contributed by atoms with Crippen molar-refractivity contribution < 1.29 is 14.3 Å². The van der Waals surface area contributed by atoms with Crippen molar-refractivity contribution in [2.45, 2.75) is 31.6 Å². The molecule has 0 spiro atoms. The van der Waals surface area contributed by atoms with Crippen LogP contribution in [0, 0.1) is 5.92 Å². The van der Waals surface area contributed by atoms with Crippen molar-refractivity contribution in [2.24, 2.45) is 10.9 Å². The number of hydrogen-bond donors (Lipinski definition) is 0. The van der Waals surface area contributed by atoms with Gasteiger partial charge in [-0.15, -0.1) is 0 Å². The van der Waals surface area contributed by atoms with Crippen LogP contribution in [0.15, 0.2) is 70.9 Å². The largest absolute Gasteiger partial charge is 0.468 e. The van der Waals surface area contributed by atoms with Gasteiger partial charge in [-0.2, -0.15) is 0 Å². The van der Waals surface area contributed by atoms with Gasteiger partial charge in [0.15, 0.2) is 5.78 Å². The third kappa shape index (κ3) is 3.92. The monoisotopic (exact) mass is 416 g/mol. The quantitative estimate of drug-likeness (QED) is 0.689. The SMILES string of the molecule is COC(=O)C1C(C)=NC2=C(C(=O)C[C@@H](c3ccccc3)C2)[C@@H]1c1ccc(N(C)C)cc1. The van der Waals surface area contributed by atoms with Gasteiger partial charge in [-0.1, -0.05) is 42.5 Å². The molecule has 2 aliphatic rings. The second kappa shape index (κ2) is 8.50. The fraction of sp³-hybridized carbons (Fsp3) is 0.346. The molecule has 0 saturated heterocycles. The Morgan fingerprint density at radius 2 is 1.68 bits per heavy atom. The summed E-state index contributed by atoms with van der Waals surface area (Å²) in [4.78, 5) is 33.0. The summed E-state index contributed by atoms with van der Waals surface area (Å²) >= 11 is 0. The number of Topliss-reactive ketones (excluding diaryl/α,β-unsaturated/α-hetero) is 1. The van der Waals surface area contributed by atoms with Crippen molar-refractivity contribution >= 4 is 23.2 Å². The molecule has 0 radical (unpaired) electrons. The van der Waals surface area contributed by atoms with E-state index in [1.54, 1.807) is 0 Å². The zero-order valence-corrected chi connectivity index (χ0v) is 18.5. The fourth-order valence-corrected chi connectivity index (χ4v) is 4.79. The van der Waals surface area contributed by atoms with Gasteiger partial charge in [0.2, 0.25) is 0 Å². The number of nitrogens with zero attached hydrogens (tertiary/aromatic N) is 2. The molecule has 160 valence electrons. The van der Waals surface area contributed by atoms with Gasteiger partial charge in [0.1, 0.15) is 5.92 Å². The minimum Gasteiger partial charge on any atom is -0.468 e. The highest BCUT2D eigenvalue weighted by molar-refractivity contribution is 6.09. The van der Waals surface area contributed by atoms with Gasteiger partial charge in [-0.05, 0) is 42.5 Å². The zero-order chi connectivity index (χ0) is 22.1. The highest BCUT2D eigenvalue weighted by Gasteiger charge is 2.44. The van der Waals surface area contributed by atoms with Crippen LogP contribution in [-0.4, -0.2) is 38.7 Å². The summed E-state index contributed by atoms with van der Waals surface area (Å²) in [5.74, 6) is -1.14. The van der Waals surface area contributed by atoms with Crippen molar-refractivity contribution in [3.05, 3.63) is 77.0 Å².